The Hall–Kier alpha value is -2.49. The van der Waals surface area contributed by atoms with Gasteiger partial charge in [0.25, 0.3) is 0 Å². The van der Waals surface area contributed by atoms with Crippen LogP contribution >= 0.6 is 0 Å². The van der Waals surface area contributed by atoms with Gasteiger partial charge >= 0.3 is 0 Å². The van der Waals surface area contributed by atoms with E-state index in [0.29, 0.717) is 5.65 Å². The second kappa shape index (κ2) is 4.41. The molecule has 0 N–H and O–H groups in total. The number of hydrogen-bond donors (Lipinski definition) is 0. The molecule has 0 aliphatic carbocycles. The van der Waals surface area contributed by atoms with Crippen molar-refractivity contribution in [2.75, 3.05) is 0 Å². The SMILES string of the molecule is C=Cc1ncnc2ncn(Cc3ccccc3)c12. The van der Waals surface area contributed by atoms with Crippen molar-refractivity contribution in [1.29, 1.82) is 0 Å². The average molecular weight is 236 g/mol. The van der Waals surface area contributed by atoms with Gasteiger partial charge in [0, 0.05) is 6.54 Å². The van der Waals surface area contributed by atoms with Gasteiger partial charge < -0.3 is 4.57 Å². The minimum Gasteiger partial charge on any atom is -0.323 e. The summed E-state index contributed by atoms with van der Waals surface area (Å²) < 4.78 is 2.04. The van der Waals surface area contributed by atoms with Crippen LogP contribution in [0.25, 0.3) is 17.2 Å². The second-order valence-corrected chi connectivity index (χ2v) is 3.99. The summed E-state index contributed by atoms with van der Waals surface area (Å²) in [6.45, 7) is 4.53. The van der Waals surface area contributed by atoms with E-state index in [2.05, 4.69) is 33.7 Å². The largest absolute Gasteiger partial charge is 0.323 e. The normalized spacial score (nSPS) is 10.7. The first-order valence-corrected chi connectivity index (χ1v) is 5.70. The molecule has 0 atom stereocenters. The van der Waals surface area contributed by atoms with E-state index in [0.717, 1.165) is 17.8 Å². The molecule has 0 unspecified atom stereocenters. The van der Waals surface area contributed by atoms with E-state index in [1.807, 2.05) is 22.8 Å². The zero-order chi connectivity index (χ0) is 12.4. The lowest BCUT2D eigenvalue weighted by Crippen LogP contribution is -2.00. The number of nitrogens with zero attached hydrogens (tertiary/aromatic N) is 4. The van der Waals surface area contributed by atoms with Crippen LogP contribution in [-0.4, -0.2) is 19.5 Å². The highest BCUT2D eigenvalue weighted by Gasteiger charge is 2.08. The third-order valence-electron chi connectivity index (χ3n) is 2.83. The topological polar surface area (TPSA) is 43.6 Å². The van der Waals surface area contributed by atoms with Gasteiger partial charge in [-0.2, -0.15) is 0 Å². The molecule has 3 rings (SSSR count). The van der Waals surface area contributed by atoms with Crippen molar-refractivity contribution in [3.63, 3.8) is 0 Å². The molecule has 2 heterocycles. The van der Waals surface area contributed by atoms with Gasteiger partial charge in [-0.05, 0) is 11.6 Å². The van der Waals surface area contributed by atoms with Gasteiger partial charge in [0.15, 0.2) is 5.65 Å². The molecule has 4 nitrogen and oxygen atoms in total. The summed E-state index contributed by atoms with van der Waals surface area (Å²) in [5.41, 5.74) is 3.66. The van der Waals surface area contributed by atoms with Gasteiger partial charge in [-0.3, -0.25) is 0 Å². The maximum absolute atomic E-state index is 4.29. The fourth-order valence-electron chi connectivity index (χ4n) is 1.98. The number of imidazole rings is 1. The van der Waals surface area contributed by atoms with E-state index in [1.165, 1.54) is 11.9 Å². The standard InChI is InChI=1S/C14H12N4/c1-2-12-13-14(16-9-15-12)17-10-18(13)8-11-6-4-3-5-7-11/h2-7,9-10H,1,8H2. The molecule has 0 aliphatic rings. The molecule has 0 fully saturated rings. The van der Waals surface area contributed by atoms with Crippen LogP contribution in [0.15, 0.2) is 49.6 Å². The Bertz CT molecular complexity index is 685. The van der Waals surface area contributed by atoms with Crippen LogP contribution < -0.4 is 0 Å². The van der Waals surface area contributed by atoms with E-state index in [1.54, 1.807) is 12.4 Å². The van der Waals surface area contributed by atoms with Crippen molar-refractivity contribution >= 4 is 17.2 Å². The number of rotatable bonds is 3. The van der Waals surface area contributed by atoms with Crippen LogP contribution in [0.5, 0.6) is 0 Å². The minimum absolute atomic E-state index is 0.704. The molecule has 0 radical (unpaired) electrons. The molecule has 88 valence electrons. The molecule has 2 aromatic heterocycles. The molecular weight excluding hydrogens is 224 g/mol. The van der Waals surface area contributed by atoms with Crippen LogP contribution in [0.4, 0.5) is 0 Å². The van der Waals surface area contributed by atoms with Crippen LogP contribution in [0.3, 0.4) is 0 Å². The average Bonchev–Trinajstić information content (AvgIpc) is 2.83. The molecule has 1 aromatic carbocycles. The number of fused-ring (bicyclic) bond motifs is 1. The highest BCUT2D eigenvalue weighted by Crippen LogP contribution is 2.16. The van der Waals surface area contributed by atoms with Crippen LogP contribution in [0, 0.1) is 0 Å². The summed E-state index contributed by atoms with van der Waals surface area (Å²) in [5.74, 6) is 0. The first kappa shape index (κ1) is 10.7. The molecule has 0 aliphatic heterocycles. The van der Waals surface area contributed by atoms with E-state index >= 15 is 0 Å². The summed E-state index contributed by atoms with van der Waals surface area (Å²) >= 11 is 0. The van der Waals surface area contributed by atoms with Crippen molar-refractivity contribution < 1.29 is 0 Å². The molecule has 0 bridgehead atoms. The highest BCUT2D eigenvalue weighted by molar-refractivity contribution is 5.79. The van der Waals surface area contributed by atoms with Gasteiger partial charge in [0.2, 0.25) is 0 Å². The third-order valence-corrected chi connectivity index (χ3v) is 2.83. The van der Waals surface area contributed by atoms with Crippen LogP contribution in [0.2, 0.25) is 0 Å². The lowest BCUT2D eigenvalue weighted by Gasteiger charge is -2.05. The van der Waals surface area contributed by atoms with E-state index in [4.69, 9.17) is 0 Å². The first-order valence-electron chi connectivity index (χ1n) is 5.70. The summed E-state index contributed by atoms with van der Waals surface area (Å²) in [5, 5.41) is 0. The zero-order valence-corrected chi connectivity index (χ0v) is 9.82. The Morgan fingerprint density at radius 3 is 2.72 bits per heavy atom. The van der Waals surface area contributed by atoms with E-state index in [-0.39, 0.29) is 0 Å². The van der Waals surface area contributed by atoms with Crippen molar-refractivity contribution in [3.8, 4) is 0 Å². The molecule has 0 saturated heterocycles. The van der Waals surface area contributed by atoms with Gasteiger partial charge in [0.1, 0.15) is 11.8 Å². The van der Waals surface area contributed by atoms with Crippen molar-refractivity contribution in [1.82, 2.24) is 19.5 Å². The minimum atomic E-state index is 0.704. The van der Waals surface area contributed by atoms with Crippen LogP contribution in [-0.2, 0) is 6.54 Å². The predicted molar refractivity (Wildman–Crippen MR) is 71.0 cm³/mol. The predicted octanol–water partition coefficient (Wildman–Crippen LogP) is 2.52. The summed E-state index contributed by atoms with van der Waals surface area (Å²) in [7, 11) is 0. The lowest BCUT2D eigenvalue weighted by molar-refractivity contribution is 0.822. The van der Waals surface area contributed by atoms with Crippen molar-refractivity contribution in [2.24, 2.45) is 0 Å². The number of benzene rings is 1. The summed E-state index contributed by atoms with van der Waals surface area (Å²) in [6, 6.07) is 10.2. The maximum Gasteiger partial charge on any atom is 0.181 e. The molecule has 18 heavy (non-hydrogen) atoms. The monoisotopic (exact) mass is 236 g/mol. The highest BCUT2D eigenvalue weighted by atomic mass is 15.1. The summed E-state index contributed by atoms with van der Waals surface area (Å²) in [6.07, 6.45) is 5.03. The van der Waals surface area contributed by atoms with E-state index < -0.39 is 0 Å². The Labute approximate surface area is 105 Å². The Morgan fingerprint density at radius 1 is 1.11 bits per heavy atom. The fourth-order valence-corrected chi connectivity index (χ4v) is 1.98. The summed E-state index contributed by atoms with van der Waals surface area (Å²) in [4.78, 5) is 12.7. The Morgan fingerprint density at radius 2 is 1.94 bits per heavy atom. The quantitative estimate of drug-likeness (QED) is 0.701. The zero-order valence-electron chi connectivity index (χ0n) is 9.82. The number of aromatic nitrogens is 4. The van der Waals surface area contributed by atoms with Crippen LogP contribution in [0.1, 0.15) is 11.3 Å². The molecule has 4 heteroatoms. The lowest BCUT2D eigenvalue weighted by atomic mass is 10.2. The van der Waals surface area contributed by atoms with Crippen molar-refractivity contribution in [3.05, 3.63) is 60.8 Å². The molecule has 3 aromatic rings. The van der Waals surface area contributed by atoms with Gasteiger partial charge in [0.05, 0.1) is 12.0 Å². The molecule has 0 spiro atoms. The Kier molecular flexibility index (Phi) is 2.61. The van der Waals surface area contributed by atoms with Gasteiger partial charge in [-0.15, -0.1) is 0 Å². The number of hydrogen-bond acceptors (Lipinski definition) is 3. The maximum atomic E-state index is 4.29. The second-order valence-electron chi connectivity index (χ2n) is 3.99. The Balaban J connectivity index is 2.10. The smallest absolute Gasteiger partial charge is 0.181 e. The molecular formula is C14H12N4. The van der Waals surface area contributed by atoms with Gasteiger partial charge in [-0.25, -0.2) is 15.0 Å². The van der Waals surface area contributed by atoms with E-state index in [9.17, 15) is 0 Å². The molecule has 0 saturated carbocycles. The fraction of sp³-hybridized carbons (Fsp3) is 0.0714. The first-order chi connectivity index (χ1) is 8.88. The third kappa shape index (κ3) is 1.78. The molecule has 0 amide bonds. The van der Waals surface area contributed by atoms with Crippen molar-refractivity contribution in [2.45, 2.75) is 6.54 Å². The van der Waals surface area contributed by atoms with Gasteiger partial charge in [-0.1, -0.05) is 36.9 Å².